The molecule has 0 N–H and O–H groups in total. The van der Waals surface area contributed by atoms with Crippen LogP contribution in [0, 0.1) is 0 Å². The van der Waals surface area contributed by atoms with Gasteiger partial charge in [0.15, 0.2) is 0 Å². The van der Waals surface area contributed by atoms with Crippen molar-refractivity contribution in [2.45, 2.75) is 13.3 Å². The Morgan fingerprint density at radius 2 is 2.11 bits per heavy atom. The van der Waals surface area contributed by atoms with Crippen molar-refractivity contribution < 1.29 is 0 Å². The molecule has 2 heterocycles. The van der Waals surface area contributed by atoms with Crippen LogP contribution in [0.5, 0.6) is 0 Å². The van der Waals surface area contributed by atoms with Gasteiger partial charge in [0, 0.05) is 0 Å². The first-order valence-corrected chi connectivity index (χ1v) is 6.53. The van der Waals surface area contributed by atoms with Crippen molar-refractivity contribution in [3.63, 3.8) is 0 Å². The molecule has 0 aliphatic carbocycles. The second-order valence-electron chi connectivity index (χ2n) is 3.97. The molecule has 1 aromatic carbocycles. The van der Waals surface area contributed by atoms with Gasteiger partial charge >= 0.3 is 0 Å². The zero-order valence-electron chi connectivity index (χ0n) is 9.83. The van der Waals surface area contributed by atoms with Crippen LogP contribution in [0.4, 0.5) is 0 Å². The monoisotopic (exact) mass is 257 g/mol. The molecule has 0 fully saturated rings. The van der Waals surface area contributed by atoms with E-state index in [4.69, 9.17) is 0 Å². The summed E-state index contributed by atoms with van der Waals surface area (Å²) in [4.78, 5) is 16.6. The Labute approximate surface area is 107 Å². The first kappa shape index (κ1) is 11.1. The highest BCUT2D eigenvalue weighted by Crippen LogP contribution is 2.06. The molecule has 5 heteroatoms. The number of hydrogen-bond donors (Lipinski definition) is 0. The fraction of sp³-hybridized carbons (Fsp3) is 0.154. The molecular formula is C13H11N3OS. The zero-order chi connectivity index (χ0) is 12.5. The molecule has 3 aromatic rings. The molecule has 0 amide bonds. The third-order valence-electron chi connectivity index (χ3n) is 2.81. The number of nitrogens with zero attached hydrogens (tertiary/aromatic N) is 3. The van der Waals surface area contributed by atoms with Gasteiger partial charge in [-0.3, -0.25) is 4.79 Å². The fourth-order valence-corrected chi connectivity index (χ4v) is 2.66. The van der Waals surface area contributed by atoms with Gasteiger partial charge in [0.1, 0.15) is 6.33 Å². The summed E-state index contributed by atoms with van der Waals surface area (Å²) in [5, 5.41) is 3.89. The van der Waals surface area contributed by atoms with Crippen molar-refractivity contribution in [3.8, 4) is 0 Å². The van der Waals surface area contributed by atoms with Crippen LogP contribution in [-0.2, 0) is 6.42 Å². The van der Waals surface area contributed by atoms with Gasteiger partial charge in [-0.25, -0.2) is 4.98 Å². The van der Waals surface area contributed by atoms with E-state index in [0.717, 1.165) is 12.0 Å². The summed E-state index contributed by atoms with van der Waals surface area (Å²) >= 11 is 1.36. The zero-order valence-corrected chi connectivity index (χ0v) is 10.6. The topological polar surface area (TPSA) is 47.3 Å². The average molecular weight is 257 g/mol. The predicted octanol–water partition coefficient (Wildman–Crippen LogP) is 1.26. The second kappa shape index (κ2) is 4.34. The minimum atomic E-state index is -0.105. The highest BCUT2D eigenvalue weighted by molar-refractivity contribution is 7.15. The Balaban J connectivity index is 2.12. The molecule has 0 aliphatic heterocycles. The number of aromatic nitrogens is 3. The number of rotatable bonds is 2. The molecule has 0 radical (unpaired) electrons. The highest BCUT2D eigenvalue weighted by atomic mass is 32.1. The van der Waals surface area contributed by atoms with E-state index in [1.54, 1.807) is 0 Å². The van der Waals surface area contributed by atoms with E-state index in [-0.39, 0.29) is 5.56 Å². The maximum Gasteiger partial charge on any atom is 0.291 e. The third kappa shape index (κ3) is 1.82. The summed E-state index contributed by atoms with van der Waals surface area (Å²) in [7, 11) is 0. The molecule has 0 aliphatic rings. The van der Waals surface area contributed by atoms with Gasteiger partial charge in [0.05, 0.1) is 4.53 Å². The number of fused-ring (bicyclic) bond motifs is 1. The van der Waals surface area contributed by atoms with Crippen LogP contribution in [0.1, 0.15) is 18.1 Å². The Morgan fingerprint density at radius 3 is 2.78 bits per heavy atom. The summed E-state index contributed by atoms with van der Waals surface area (Å²) in [5.74, 6) is 0. The highest BCUT2D eigenvalue weighted by Gasteiger charge is 2.04. The van der Waals surface area contributed by atoms with E-state index in [0.29, 0.717) is 9.49 Å². The molecule has 90 valence electrons. The molecule has 0 unspecified atom stereocenters. The van der Waals surface area contributed by atoms with Gasteiger partial charge in [0.2, 0.25) is 4.96 Å². The Morgan fingerprint density at radius 1 is 1.33 bits per heavy atom. The van der Waals surface area contributed by atoms with E-state index in [2.05, 4.69) is 29.1 Å². The van der Waals surface area contributed by atoms with Crippen LogP contribution in [0.2, 0.25) is 0 Å². The Bertz CT molecular complexity index is 786. The first-order chi connectivity index (χ1) is 8.78. The maximum absolute atomic E-state index is 12.0. The number of hydrogen-bond acceptors (Lipinski definition) is 4. The lowest BCUT2D eigenvalue weighted by atomic mass is 10.1. The van der Waals surface area contributed by atoms with E-state index in [9.17, 15) is 4.79 Å². The van der Waals surface area contributed by atoms with Gasteiger partial charge in [-0.2, -0.15) is 9.61 Å². The van der Waals surface area contributed by atoms with Gasteiger partial charge in [-0.05, 0) is 23.6 Å². The lowest BCUT2D eigenvalue weighted by molar-refractivity contribution is 0.932. The lowest BCUT2D eigenvalue weighted by Gasteiger charge is -1.96. The van der Waals surface area contributed by atoms with E-state index in [1.807, 2.05) is 18.2 Å². The maximum atomic E-state index is 12.0. The number of thiazole rings is 1. The van der Waals surface area contributed by atoms with Crippen molar-refractivity contribution in [3.05, 3.63) is 56.6 Å². The smallest absolute Gasteiger partial charge is 0.266 e. The van der Waals surface area contributed by atoms with Gasteiger partial charge < -0.3 is 0 Å². The van der Waals surface area contributed by atoms with Crippen molar-refractivity contribution in [1.29, 1.82) is 0 Å². The Hall–Kier alpha value is -2.01. The predicted molar refractivity (Wildman–Crippen MR) is 71.7 cm³/mol. The lowest BCUT2D eigenvalue weighted by Crippen LogP contribution is -2.23. The van der Waals surface area contributed by atoms with Crippen molar-refractivity contribution in [1.82, 2.24) is 14.6 Å². The molecule has 0 spiro atoms. The molecule has 0 atom stereocenters. The quantitative estimate of drug-likeness (QED) is 0.694. The molecule has 0 saturated carbocycles. The standard InChI is InChI=1S/C13H11N3OS/c1-2-9-3-5-10(6-4-9)7-11-12(17)16-13(18-11)14-8-15-16/h3-8H,2H2,1H3. The van der Waals surface area contributed by atoms with E-state index in [1.165, 1.54) is 27.7 Å². The summed E-state index contributed by atoms with van der Waals surface area (Å²) in [5.41, 5.74) is 2.21. The largest absolute Gasteiger partial charge is 0.291 e. The van der Waals surface area contributed by atoms with Gasteiger partial charge in [0.25, 0.3) is 5.56 Å². The van der Waals surface area contributed by atoms with Crippen LogP contribution in [0.25, 0.3) is 11.0 Å². The van der Waals surface area contributed by atoms with Crippen molar-refractivity contribution >= 4 is 22.4 Å². The van der Waals surface area contributed by atoms with E-state index < -0.39 is 0 Å². The van der Waals surface area contributed by atoms with E-state index >= 15 is 0 Å². The SMILES string of the molecule is CCc1ccc(C=c2sc3ncnn3c2=O)cc1. The van der Waals surface area contributed by atoms with Crippen LogP contribution in [-0.4, -0.2) is 14.6 Å². The minimum Gasteiger partial charge on any atom is -0.266 e. The van der Waals surface area contributed by atoms with Crippen LogP contribution < -0.4 is 10.1 Å². The summed E-state index contributed by atoms with van der Waals surface area (Å²) in [6, 6.07) is 8.20. The summed E-state index contributed by atoms with van der Waals surface area (Å²) in [6.07, 6.45) is 4.29. The molecule has 3 rings (SSSR count). The Kier molecular flexibility index (Phi) is 2.68. The number of benzene rings is 1. The van der Waals surface area contributed by atoms with Crippen LogP contribution in [0.3, 0.4) is 0 Å². The third-order valence-corrected chi connectivity index (χ3v) is 3.78. The molecule has 18 heavy (non-hydrogen) atoms. The molecule has 2 aromatic heterocycles. The van der Waals surface area contributed by atoms with Crippen LogP contribution in [0.15, 0.2) is 35.4 Å². The minimum absolute atomic E-state index is 0.105. The fourth-order valence-electron chi connectivity index (χ4n) is 1.78. The average Bonchev–Trinajstić information content (AvgIpc) is 2.95. The molecule has 0 saturated heterocycles. The summed E-state index contributed by atoms with van der Waals surface area (Å²) in [6.45, 7) is 2.12. The van der Waals surface area contributed by atoms with Gasteiger partial charge in [-0.15, -0.1) is 0 Å². The molecule has 4 nitrogen and oxygen atoms in total. The second-order valence-corrected chi connectivity index (χ2v) is 4.97. The van der Waals surface area contributed by atoms with Crippen LogP contribution >= 0.6 is 11.3 Å². The number of aryl methyl sites for hydroxylation is 1. The van der Waals surface area contributed by atoms with Crippen molar-refractivity contribution in [2.24, 2.45) is 0 Å². The summed E-state index contributed by atoms with van der Waals surface area (Å²) < 4.78 is 1.99. The van der Waals surface area contributed by atoms with Crippen molar-refractivity contribution in [2.75, 3.05) is 0 Å². The normalized spacial score (nSPS) is 12.4. The van der Waals surface area contributed by atoms with Gasteiger partial charge in [-0.1, -0.05) is 42.5 Å². The first-order valence-electron chi connectivity index (χ1n) is 5.71. The molecular weight excluding hydrogens is 246 g/mol. The molecule has 0 bridgehead atoms.